The molecule has 17 heavy (non-hydrogen) atoms. The van der Waals surface area contributed by atoms with Crippen molar-refractivity contribution in [3.05, 3.63) is 28.2 Å². The van der Waals surface area contributed by atoms with E-state index in [0.717, 1.165) is 0 Å². The Hall–Kier alpha value is -1.30. The molecule has 5 nitrogen and oxygen atoms in total. The first-order valence-corrected chi connectivity index (χ1v) is 5.58. The summed E-state index contributed by atoms with van der Waals surface area (Å²) < 4.78 is 0. The molecule has 0 aliphatic carbocycles. The smallest absolute Gasteiger partial charge is 0.310 e. The number of carbonyl (C=O) groups is 2. The van der Waals surface area contributed by atoms with Gasteiger partial charge >= 0.3 is 6.03 Å². The van der Waals surface area contributed by atoms with Gasteiger partial charge in [-0.1, -0.05) is 23.2 Å². The lowest BCUT2D eigenvalue weighted by Gasteiger charge is -2.33. The van der Waals surface area contributed by atoms with E-state index in [1.165, 1.54) is 11.0 Å². The van der Waals surface area contributed by atoms with Crippen LogP contribution in [0.25, 0.3) is 0 Å². The van der Waals surface area contributed by atoms with Crippen LogP contribution in [-0.2, 0) is 4.79 Å². The molecule has 0 spiro atoms. The third-order valence-corrected chi connectivity index (χ3v) is 2.91. The van der Waals surface area contributed by atoms with Crippen molar-refractivity contribution < 1.29 is 9.59 Å². The van der Waals surface area contributed by atoms with Crippen LogP contribution in [0.15, 0.2) is 18.2 Å². The number of nitrogens with zero attached hydrogens (tertiary/aromatic N) is 1. The minimum atomic E-state index is -0.743. The van der Waals surface area contributed by atoms with Crippen LogP contribution in [0.4, 0.5) is 10.5 Å². The number of rotatable bonds is 1. The van der Waals surface area contributed by atoms with E-state index in [1.54, 1.807) is 12.1 Å². The number of anilines is 1. The first kappa shape index (κ1) is 12.2. The number of urea groups is 1. The molecular weight excluding hydrogens is 265 g/mol. The predicted molar refractivity (Wildman–Crippen MR) is 65.1 cm³/mol. The van der Waals surface area contributed by atoms with Gasteiger partial charge in [0, 0.05) is 5.02 Å². The minimum absolute atomic E-state index is 0.0224. The van der Waals surface area contributed by atoms with E-state index in [4.69, 9.17) is 28.9 Å². The fraction of sp³-hybridized carbons (Fsp3) is 0.200. The van der Waals surface area contributed by atoms with Crippen LogP contribution in [-0.4, -0.2) is 18.1 Å². The van der Waals surface area contributed by atoms with Crippen molar-refractivity contribution in [3.8, 4) is 0 Å². The molecule has 1 aliphatic heterocycles. The summed E-state index contributed by atoms with van der Waals surface area (Å²) in [7, 11) is 0. The summed E-state index contributed by atoms with van der Waals surface area (Å²) in [4.78, 5) is 24.0. The molecule has 1 aliphatic rings. The summed E-state index contributed by atoms with van der Waals surface area (Å²) in [6, 6.07) is 4.10. The van der Waals surface area contributed by atoms with Crippen LogP contribution in [0.5, 0.6) is 0 Å². The molecule has 90 valence electrons. The second kappa shape index (κ2) is 4.52. The highest BCUT2D eigenvalue weighted by molar-refractivity contribution is 6.36. The Bertz CT molecular complexity index is 492. The van der Waals surface area contributed by atoms with Gasteiger partial charge in [0.2, 0.25) is 5.91 Å². The van der Waals surface area contributed by atoms with E-state index in [0.29, 0.717) is 15.7 Å². The monoisotopic (exact) mass is 273 g/mol. The maximum Gasteiger partial charge on any atom is 0.329 e. The van der Waals surface area contributed by atoms with Crippen LogP contribution in [0, 0.1) is 0 Å². The molecule has 0 aromatic heterocycles. The molecule has 1 heterocycles. The molecule has 1 aromatic rings. The van der Waals surface area contributed by atoms with E-state index in [2.05, 4.69) is 5.32 Å². The van der Waals surface area contributed by atoms with Crippen molar-refractivity contribution in [2.24, 2.45) is 5.73 Å². The average molecular weight is 274 g/mol. The van der Waals surface area contributed by atoms with E-state index >= 15 is 0 Å². The Balaban J connectivity index is 2.41. The normalized spacial score (nSPS) is 20.4. The summed E-state index contributed by atoms with van der Waals surface area (Å²) in [5.41, 5.74) is 6.14. The summed E-state index contributed by atoms with van der Waals surface area (Å²) in [5, 5.41) is 2.95. The highest BCUT2D eigenvalue weighted by Crippen LogP contribution is 2.31. The van der Waals surface area contributed by atoms with E-state index in [9.17, 15) is 9.59 Å². The van der Waals surface area contributed by atoms with Gasteiger partial charge in [0.1, 0.15) is 0 Å². The zero-order valence-corrected chi connectivity index (χ0v) is 10.1. The van der Waals surface area contributed by atoms with Crippen LogP contribution in [0.3, 0.4) is 0 Å². The number of nitrogens with one attached hydrogen (secondary N) is 1. The standard InChI is InChI=1S/C10H9Cl2N3O2/c11-5-1-2-6(12)7(3-5)15-8(13)4-9(16)14-10(15)17/h1-3,8H,4,13H2,(H,14,16,17). The maximum absolute atomic E-state index is 11.7. The minimum Gasteiger partial charge on any atom is -0.310 e. The van der Waals surface area contributed by atoms with Gasteiger partial charge in [-0.15, -0.1) is 0 Å². The van der Waals surface area contributed by atoms with Crippen molar-refractivity contribution >= 4 is 40.8 Å². The Kier molecular flexibility index (Phi) is 3.24. The van der Waals surface area contributed by atoms with Crippen molar-refractivity contribution in [1.29, 1.82) is 0 Å². The maximum atomic E-state index is 11.7. The number of halogens is 2. The Morgan fingerprint density at radius 1 is 1.35 bits per heavy atom. The van der Waals surface area contributed by atoms with Gasteiger partial charge in [-0.3, -0.25) is 15.0 Å². The highest BCUT2D eigenvalue weighted by Gasteiger charge is 2.32. The molecule has 0 bridgehead atoms. The topological polar surface area (TPSA) is 75.4 Å². The van der Waals surface area contributed by atoms with Crippen molar-refractivity contribution in [3.63, 3.8) is 0 Å². The van der Waals surface area contributed by atoms with Crippen LogP contribution in [0.2, 0.25) is 10.0 Å². The van der Waals surface area contributed by atoms with Gasteiger partial charge in [0.25, 0.3) is 0 Å². The van der Waals surface area contributed by atoms with Gasteiger partial charge in [0.15, 0.2) is 0 Å². The SMILES string of the molecule is NC1CC(=O)NC(=O)N1c1cc(Cl)ccc1Cl. The lowest BCUT2D eigenvalue weighted by molar-refractivity contribution is -0.120. The number of nitrogens with two attached hydrogens (primary N) is 1. The molecule has 1 saturated heterocycles. The number of carbonyl (C=O) groups excluding carboxylic acids is 2. The summed E-state index contributed by atoms with van der Waals surface area (Å²) >= 11 is 11.8. The number of benzene rings is 1. The average Bonchev–Trinajstić information content (AvgIpc) is 2.21. The predicted octanol–water partition coefficient (Wildman–Crippen LogP) is 1.72. The van der Waals surface area contributed by atoms with E-state index in [1.807, 2.05) is 0 Å². The Morgan fingerprint density at radius 2 is 2.06 bits per heavy atom. The molecule has 0 saturated carbocycles. The van der Waals surface area contributed by atoms with Crippen molar-refractivity contribution in [2.45, 2.75) is 12.6 Å². The third-order valence-electron chi connectivity index (χ3n) is 2.36. The first-order valence-electron chi connectivity index (χ1n) is 4.82. The molecule has 0 radical (unpaired) electrons. The first-order chi connectivity index (χ1) is 7.99. The van der Waals surface area contributed by atoms with Gasteiger partial charge in [-0.2, -0.15) is 0 Å². The molecular formula is C10H9Cl2N3O2. The van der Waals surface area contributed by atoms with Gasteiger partial charge in [0.05, 0.1) is 23.3 Å². The van der Waals surface area contributed by atoms with Gasteiger partial charge in [-0.05, 0) is 18.2 Å². The van der Waals surface area contributed by atoms with Crippen LogP contribution in [0.1, 0.15) is 6.42 Å². The van der Waals surface area contributed by atoms with Crippen LogP contribution < -0.4 is 16.0 Å². The molecule has 2 rings (SSSR count). The molecule has 7 heteroatoms. The van der Waals surface area contributed by atoms with Gasteiger partial charge in [-0.25, -0.2) is 4.79 Å². The van der Waals surface area contributed by atoms with Crippen LogP contribution >= 0.6 is 23.2 Å². The highest BCUT2D eigenvalue weighted by atomic mass is 35.5. The number of hydrogen-bond acceptors (Lipinski definition) is 3. The molecule has 3 amide bonds. The second-order valence-electron chi connectivity index (χ2n) is 3.59. The summed E-state index contributed by atoms with van der Waals surface area (Å²) in [6.07, 6.45) is -0.721. The zero-order valence-electron chi connectivity index (χ0n) is 8.61. The number of amides is 3. The number of imide groups is 1. The molecule has 3 N–H and O–H groups in total. The Morgan fingerprint density at radius 3 is 2.71 bits per heavy atom. The molecule has 1 unspecified atom stereocenters. The zero-order chi connectivity index (χ0) is 12.6. The molecule has 1 fully saturated rings. The van der Waals surface area contributed by atoms with Crippen molar-refractivity contribution in [1.82, 2.24) is 5.32 Å². The molecule has 1 aromatic carbocycles. The molecule has 1 atom stereocenters. The fourth-order valence-corrected chi connectivity index (χ4v) is 2.00. The Labute approximate surface area is 107 Å². The lowest BCUT2D eigenvalue weighted by Crippen LogP contribution is -2.58. The summed E-state index contributed by atoms with van der Waals surface area (Å²) in [6.45, 7) is 0. The lowest BCUT2D eigenvalue weighted by atomic mass is 10.2. The second-order valence-corrected chi connectivity index (χ2v) is 4.43. The summed E-state index contributed by atoms with van der Waals surface area (Å²) in [5.74, 6) is -0.406. The largest absolute Gasteiger partial charge is 0.329 e. The van der Waals surface area contributed by atoms with Crippen molar-refractivity contribution in [2.75, 3.05) is 4.90 Å². The fourth-order valence-electron chi connectivity index (χ4n) is 1.62. The quantitative estimate of drug-likeness (QED) is 0.818. The van der Waals surface area contributed by atoms with E-state index < -0.39 is 18.1 Å². The third kappa shape index (κ3) is 2.36. The van der Waals surface area contributed by atoms with E-state index in [-0.39, 0.29) is 6.42 Å². The number of hydrogen-bond donors (Lipinski definition) is 2. The van der Waals surface area contributed by atoms with Gasteiger partial charge < -0.3 is 5.73 Å².